The maximum Gasteiger partial charge on any atom is 0.213 e. The Kier molecular flexibility index (Phi) is 3.21. The van der Waals surface area contributed by atoms with Crippen molar-refractivity contribution in [3.05, 3.63) is 10.3 Å². The Morgan fingerprint density at radius 1 is 1.56 bits per heavy atom. The van der Waals surface area contributed by atoms with Crippen LogP contribution >= 0.6 is 15.9 Å². The van der Waals surface area contributed by atoms with E-state index in [1.54, 1.807) is 7.05 Å². The first kappa shape index (κ1) is 12.3. The van der Waals surface area contributed by atoms with Gasteiger partial charge in [-0.3, -0.25) is 9.69 Å². The van der Waals surface area contributed by atoms with Crippen LogP contribution in [-0.2, 0) is 11.8 Å². The molecule has 2 fully saturated rings. The largest absolute Gasteiger partial charge is 0.367 e. The smallest absolute Gasteiger partial charge is 0.213 e. The Hall–Kier alpha value is -0.790. The van der Waals surface area contributed by atoms with Gasteiger partial charge in [-0.15, -0.1) is 5.10 Å². The molecule has 2 unspecified atom stereocenters. The van der Waals surface area contributed by atoms with Crippen molar-refractivity contribution in [2.45, 2.75) is 25.0 Å². The molecule has 98 valence electrons. The molecule has 0 radical (unpaired) electrons. The van der Waals surface area contributed by atoms with Crippen LogP contribution in [0.15, 0.2) is 4.60 Å². The third kappa shape index (κ3) is 2.00. The molecule has 0 bridgehead atoms. The van der Waals surface area contributed by atoms with Gasteiger partial charge < -0.3 is 4.74 Å². The SMILES string of the molecule is Cn1nnc(Br)c1C(=O)C1CN2CCCC2CO1. The molecule has 0 aliphatic carbocycles. The maximum absolute atomic E-state index is 12.4. The second-order valence-electron chi connectivity index (χ2n) is 4.83. The number of carbonyl (C=O) groups is 1. The van der Waals surface area contributed by atoms with Crippen molar-refractivity contribution >= 4 is 21.7 Å². The molecular weight excluding hydrogens is 300 g/mol. The monoisotopic (exact) mass is 314 g/mol. The summed E-state index contributed by atoms with van der Waals surface area (Å²) in [6, 6.07) is 0.502. The van der Waals surface area contributed by atoms with Gasteiger partial charge >= 0.3 is 0 Å². The highest BCUT2D eigenvalue weighted by atomic mass is 79.9. The molecule has 0 saturated carbocycles. The second kappa shape index (κ2) is 4.71. The first-order valence-electron chi connectivity index (χ1n) is 6.12. The number of carbonyl (C=O) groups excluding carboxylic acids is 1. The molecule has 3 rings (SSSR count). The molecule has 2 atom stereocenters. The molecule has 0 spiro atoms. The van der Waals surface area contributed by atoms with Crippen LogP contribution in [0.25, 0.3) is 0 Å². The van der Waals surface area contributed by atoms with Crippen LogP contribution in [0.5, 0.6) is 0 Å². The summed E-state index contributed by atoms with van der Waals surface area (Å²) < 4.78 is 7.69. The molecule has 6 nitrogen and oxygen atoms in total. The zero-order valence-corrected chi connectivity index (χ0v) is 11.8. The van der Waals surface area contributed by atoms with Crippen LogP contribution in [0, 0.1) is 0 Å². The minimum Gasteiger partial charge on any atom is -0.367 e. The second-order valence-corrected chi connectivity index (χ2v) is 5.58. The lowest BCUT2D eigenvalue weighted by atomic mass is 10.1. The summed E-state index contributed by atoms with van der Waals surface area (Å²) >= 11 is 3.26. The van der Waals surface area contributed by atoms with E-state index in [9.17, 15) is 4.79 Å². The molecule has 1 aromatic heterocycles. The van der Waals surface area contributed by atoms with E-state index < -0.39 is 6.10 Å². The van der Waals surface area contributed by atoms with Crippen LogP contribution in [0.3, 0.4) is 0 Å². The third-order valence-corrected chi connectivity index (χ3v) is 4.23. The topological polar surface area (TPSA) is 60.2 Å². The van der Waals surface area contributed by atoms with Crippen molar-refractivity contribution in [2.75, 3.05) is 19.7 Å². The molecule has 2 saturated heterocycles. The average Bonchev–Trinajstić information content (AvgIpc) is 2.94. The quantitative estimate of drug-likeness (QED) is 0.749. The molecule has 18 heavy (non-hydrogen) atoms. The van der Waals surface area contributed by atoms with Crippen LogP contribution in [-0.4, -0.2) is 57.5 Å². The van der Waals surface area contributed by atoms with E-state index in [4.69, 9.17) is 4.74 Å². The van der Waals surface area contributed by atoms with E-state index in [1.165, 1.54) is 17.5 Å². The predicted octanol–water partition coefficient (Wildman–Crippen LogP) is 0.623. The number of ether oxygens (including phenoxy) is 1. The Morgan fingerprint density at radius 2 is 2.39 bits per heavy atom. The molecule has 7 heteroatoms. The van der Waals surface area contributed by atoms with Gasteiger partial charge in [0.2, 0.25) is 5.78 Å². The van der Waals surface area contributed by atoms with E-state index in [2.05, 4.69) is 31.1 Å². The summed E-state index contributed by atoms with van der Waals surface area (Å²) in [5.74, 6) is -0.0419. The Bertz CT molecular complexity index is 456. The van der Waals surface area contributed by atoms with E-state index in [0.717, 1.165) is 6.54 Å². The highest BCUT2D eigenvalue weighted by Crippen LogP contribution is 2.25. The van der Waals surface area contributed by atoms with Gasteiger partial charge in [0.25, 0.3) is 0 Å². The lowest BCUT2D eigenvalue weighted by Crippen LogP contribution is -2.49. The molecule has 0 N–H and O–H groups in total. The third-order valence-electron chi connectivity index (χ3n) is 3.70. The van der Waals surface area contributed by atoms with E-state index in [-0.39, 0.29) is 5.78 Å². The number of hydrogen-bond donors (Lipinski definition) is 0. The minimum atomic E-state index is -0.396. The number of aromatic nitrogens is 3. The highest BCUT2D eigenvalue weighted by molar-refractivity contribution is 9.10. The number of halogens is 1. The Morgan fingerprint density at radius 3 is 3.11 bits per heavy atom. The molecule has 0 aromatic carbocycles. The van der Waals surface area contributed by atoms with Gasteiger partial charge in [-0.05, 0) is 35.3 Å². The maximum atomic E-state index is 12.4. The fraction of sp³-hybridized carbons (Fsp3) is 0.727. The van der Waals surface area contributed by atoms with Gasteiger partial charge in [0.05, 0.1) is 6.61 Å². The molecular formula is C11H15BrN4O2. The van der Waals surface area contributed by atoms with Crippen molar-refractivity contribution < 1.29 is 9.53 Å². The summed E-state index contributed by atoms with van der Waals surface area (Å²) in [5, 5.41) is 7.67. The number of ketones is 1. The fourth-order valence-corrected chi connectivity index (χ4v) is 3.24. The van der Waals surface area contributed by atoms with Gasteiger partial charge in [-0.1, -0.05) is 5.21 Å². The number of morpholine rings is 1. The van der Waals surface area contributed by atoms with Crippen LogP contribution in [0.1, 0.15) is 23.3 Å². The number of aryl methyl sites for hydroxylation is 1. The van der Waals surface area contributed by atoms with E-state index >= 15 is 0 Å². The van der Waals surface area contributed by atoms with Crippen molar-refractivity contribution in [3.63, 3.8) is 0 Å². The molecule has 2 aliphatic rings. The summed E-state index contributed by atoms with van der Waals surface area (Å²) in [6.07, 6.45) is 1.98. The normalized spacial score (nSPS) is 28.3. The zero-order chi connectivity index (χ0) is 12.7. The summed E-state index contributed by atoms with van der Waals surface area (Å²) in [6.45, 7) is 2.41. The summed E-state index contributed by atoms with van der Waals surface area (Å²) in [7, 11) is 1.71. The standard InChI is InChI=1S/C11H15BrN4O2/c1-15-9(11(12)13-14-15)10(17)8-5-16-4-2-3-7(16)6-18-8/h7-8H,2-6H2,1H3. The highest BCUT2D eigenvalue weighted by Gasteiger charge is 2.37. The summed E-state index contributed by atoms with van der Waals surface area (Å²) in [5.41, 5.74) is 0.484. The lowest BCUT2D eigenvalue weighted by Gasteiger charge is -2.34. The van der Waals surface area contributed by atoms with Crippen molar-refractivity contribution in [1.82, 2.24) is 19.9 Å². The van der Waals surface area contributed by atoms with Gasteiger partial charge in [0, 0.05) is 19.6 Å². The average molecular weight is 315 g/mol. The fourth-order valence-electron chi connectivity index (χ4n) is 2.72. The Labute approximate surface area is 113 Å². The first-order valence-corrected chi connectivity index (χ1v) is 6.91. The van der Waals surface area contributed by atoms with E-state index in [1.807, 2.05) is 0 Å². The zero-order valence-electron chi connectivity index (χ0n) is 10.2. The van der Waals surface area contributed by atoms with E-state index in [0.29, 0.717) is 29.5 Å². The van der Waals surface area contributed by atoms with Gasteiger partial charge in [0.1, 0.15) is 11.8 Å². The molecule has 3 heterocycles. The number of Topliss-reactive ketones (excluding diaryl/α,β-unsaturated/α-hetero) is 1. The van der Waals surface area contributed by atoms with Crippen molar-refractivity contribution in [2.24, 2.45) is 7.05 Å². The van der Waals surface area contributed by atoms with Crippen molar-refractivity contribution in [3.8, 4) is 0 Å². The number of fused-ring (bicyclic) bond motifs is 1. The molecule has 0 amide bonds. The minimum absolute atomic E-state index is 0.0419. The first-order chi connectivity index (χ1) is 8.66. The molecule has 2 aliphatic heterocycles. The van der Waals surface area contributed by atoms with Crippen LogP contribution < -0.4 is 0 Å². The van der Waals surface area contributed by atoms with Crippen LogP contribution in [0.4, 0.5) is 0 Å². The van der Waals surface area contributed by atoms with Gasteiger partial charge in [0.15, 0.2) is 4.60 Å². The van der Waals surface area contributed by atoms with Crippen LogP contribution in [0.2, 0.25) is 0 Å². The van der Waals surface area contributed by atoms with Crippen molar-refractivity contribution in [1.29, 1.82) is 0 Å². The lowest BCUT2D eigenvalue weighted by molar-refractivity contribution is -0.0348. The number of rotatable bonds is 2. The van der Waals surface area contributed by atoms with Gasteiger partial charge in [-0.2, -0.15) is 0 Å². The Balaban J connectivity index is 1.77. The summed E-state index contributed by atoms with van der Waals surface area (Å²) in [4.78, 5) is 14.8. The number of hydrogen-bond acceptors (Lipinski definition) is 5. The van der Waals surface area contributed by atoms with Gasteiger partial charge in [-0.25, -0.2) is 4.68 Å². The molecule has 1 aromatic rings. The predicted molar refractivity (Wildman–Crippen MR) is 67.4 cm³/mol. The number of nitrogens with zero attached hydrogens (tertiary/aromatic N) is 4.